The molecule has 0 unspecified atom stereocenters. The number of nitrogens with one attached hydrogen (secondary N) is 3. The standard InChI is InChI=1S/C39H50F3IN6O5/c1-26(54-39(52)46-16-8-3-2-7-15-45-35(50)20-43)38(51)49(24-29-21-44-22-33(29)42)36(28-13-17-53-18-14-28)37-47-34(31-19-30(40)11-12-32(31)41)25-48(37)23-27-9-5-4-6-10-27/h4-6,9-12,19,25-26,28-29,33,36,44H,2-3,7-8,13-18,20-24H2,1H3,(H,45,50)(H,46,52)/t26-,29-,33-,36+/m0/s1. The van der Waals surface area contributed by atoms with Gasteiger partial charge in [-0.25, -0.2) is 22.9 Å². The van der Waals surface area contributed by atoms with Gasteiger partial charge in [-0.2, -0.15) is 0 Å². The zero-order valence-electron chi connectivity index (χ0n) is 30.6. The van der Waals surface area contributed by atoms with Gasteiger partial charge in [-0.15, -0.1) is 0 Å². The van der Waals surface area contributed by atoms with E-state index in [1.54, 1.807) is 11.1 Å². The van der Waals surface area contributed by atoms with E-state index in [2.05, 4.69) is 16.0 Å². The number of imidazole rings is 1. The number of unbranched alkanes of at least 4 members (excludes halogenated alkanes) is 3. The quantitative estimate of drug-likeness (QED) is 0.0820. The molecule has 0 bridgehead atoms. The summed E-state index contributed by atoms with van der Waals surface area (Å²) in [6, 6.07) is 12.0. The van der Waals surface area contributed by atoms with Crippen molar-refractivity contribution < 1.29 is 37.0 Å². The number of halogens is 4. The van der Waals surface area contributed by atoms with E-state index < -0.39 is 47.9 Å². The molecule has 3 heterocycles. The fourth-order valence-corrected chi connectivity index (χ4v) is 7.33. The summed E-state index contributed by atoms with van der Waals surface area (Å²) in [7, 11) is 0. The van der Waals surface area contributed by atoms with Gasteiger partial charge in [-0.05, 0) is 62.3 Å². The highest BCUT2D eigenvalue weighted by Crippen LogP contribution is 2.38. The van der Waals surface area contributed by atoms with Crippen LogP contribution in [0, 0.1) is 23.5 Å². The number of carbonyl (C=O) groups excluding carboxylic acids is 3. The lowest BCUT2D eigenvalue weighted by atomic mass is 9.88. The van der Waals surface area contributed by atoms with E-state index >= 15 is 8.78 Å². The maximum Gasteiger partial charge on any atom is 0.407 e. The van der Waals surface area contributed by atoms with Crippen molar-refractivity contribution in [2.75, 3.05) is 50.4 Å². The molecule has 0 spiro atoms. The van der Waals surface area contributed by atoms with Gasteiger partial charge in [0.05, 0.1) is 16.2 Å². The Morgan fingerprint density at radius 2 is 1.76 bits per heavy atom. The molecule has 3 amide bonds. The zero-order valence-corrected chi connectivity index (χ0v) is 32.7. The Morgan fingerprint density at radius 1 is 1.04 bits per heavy atom. The molecule has 3 aromatic rings. The predicted octanol–water partition coefficient (Wildman–Crippen LogP) is 5.96. The lowest BCUT2D eigenvalue weighted by molar-refractivity contribution is -0.145. The van der Waals surface area contributed by atoms with Crippen LogP contribution in [0.15, 0.2) is 54.7 Å². The summed E-state index contributed by atoms with van der Waals surface area (Å²) in [6.07, 6.45) is 2.88. The van der Waals surface area contributed by atoms with Gasteiger partial charge in [0.2, 0.25) is 5.91 Å². The highest BCUT2D eigenvalue weighted by molar-refractivity contribution is 14.1. The number of amides is 3. The second-order valence-electron chi connectivity index (χ2n) is 13.9. The number of benzene rings is 2. The summed E-state index contributed by atoms with van der Waals surface area (Å²) < 4.78 is 58.6. The largest absolute Gasteiger partial charge is 0.436 e. The fourth-order valence-electron chi connectivity index (χ4n) is 7.06. The van der Waals surface area contributed by atoms with E-state index in [4.69, 9.17) is 14.5 Å². The number of rotatable bonds is 18. The summed E-state index contributed by atoms with van der Waals surface area (Å²) in [5.41, 5.74) is 1.10. The van der Waals surface area contributed by atoms with Crippen LogP contribution in [0.3, 0.4) is 0 Å². The number of hydrogen-bond acceptors (Lipinski definition) is 7. The maximum absolute atomic E-state index is 15.3. The van der Waals surface area contributed by atoms with Crippen LogP contribution in [0.25, 0.3) is 11.3 Å². The molecule has 2 saturated heterocycles. The van der Waals surface area contributed by atoms with Crippen molar-refractivity contribution >= 4 is 40.5 Å². The summed E-state index contributed by atoms with van der Waals surface area (Å²) in [5.74, 6) is -2.06. The molecule has 2 aliphatic heterocycles. The fraction of sp³-hybridized carbons (Fsp3) is 0.538. The minimum atomic E-state index is -1.22. The van der Waals surface area contributed by atoms with Gasteiger partial charge in [-0.3, -0.25) is 9.59 Å². The normalized spacial score (nSPS) is 18.5. The third-order valence-corrected chi connectivity index (χ3v) is 10.6. The molecular formula is C39H50F3IN6O5. The molecule has 294 valence electrons. The number of nitrogens with zero attached hydrogens (tertiary/aromatic N) is 3. The summed E-state index contributed by atoms with van der Waals surface area (Å²) >= 11 is 2.02. The predicted molar refractivity (Wildman–Crippen MR) is 207 cm³/mol. The molecule has 15 heteroatoms. The second-order valence-corrected chi connectivity index (χ2v) is 14.7. The first-order chi connectivity index (χ1) is 26.1. The van der Waals surface area contributed by atoms with Gasteiger partial charge in [0.15, 0.2) is 6.10 Å². The molecule has 0 radical (unpaired) electrons. The first-order valence-electron chi connectivity index (χ1n) is 18.7. The van der Waals surface area contributed by atoms with E-state index in [1.807, 2.05) is 57.5 Å². The van der Waals surface area contributed by atoms with Crippen molar-refractivity contribution in [2.45, 2.75) is 70.3 Å². The SMILES string of the molecule is C[C@H](OC(=O)NCCCCCCNC(=O)CI)C(=O)N(C[C@@H]1CNC[C@@H]1F)[C@@H](c1nc(-c2cc(F)ccc2F)cn1Cc1ccccc1)C1CCOCC1. The number of aromatic nitrogens is 2. The first-order valence-corrected chi connectivity index (χ1v) is 20.2. The van der Waals surface area contributed by atoms with E-state index in [9.17, 15) is 18.8 Å². The monoisotopic (exact) mass is 866 g/mol. The van der Waals surface area contributed by atoms with Crippen molar-refractivity contribution in [2.24, 2.45) is 11.8 Å². The van der Waals surface area contributed by atoms with Crippen LogP contribution in [0.5, 0.6) is 0 Å². The second kappa shape index (κ2) is 20.8. The Morgan fingerprint density at radius 3 is 2.44 bits per heavy atom. The molecule has 2 aliphatic rings. The Labute approximate surface area is 328 Å². The van der Waals surface area contributed by atoms with Crippen LogP contribution in [-0.2, 0) is 25.6 Å². The third kappa shape index (κ3) is 11.7. The molecule has 0 saturated carbocycles. The van der Waals surface area contributed by atoms with E-state index in [-0.39, 0.29) is 36.2 Å². The average Bonchev–Trinajstić information content (AvgIpc) is 3.78. The van der Waals surface area contributed by atoms with Gasteiger partial charge in [-0.1, -0.05) is 65.8 Å². The van der Waals surface area contributed by atoms with Gasteiger partial charge in [0.1, 0.15) is 23.6 Å². The molecule has 0 aliphatic carbocycles. The van der Waals surface area contributed by atoms with Crippen LogP contribution >= 0.6 is 22.6 Å². The summed E-state index contributed by atoms with van der Waals surface area (Å²) in [5, 5.41) is 8.64. The van der Waals surface area contributed by atoms with Crippen molar-refractivity contribution in [1.82, 2.24) is 30.4 Å². The first kappa shape index (κ1) is 41.5. The Hall–Kier alpha value is -3.70. The zero-order chi connectivity index (χ0) is 38.5. The Balaban J connectivity index is 1.41. The topological polar surface area (TPSA) is 127 Å². The molecule has 54 heavy (non-hydrogen) atoms. The van der Waals surface area contributed by atoms with Gasteiger partial charge < -0.3 is 34.9 Å². The van der Waals surface area contributed by atoms with E-state index in [0.717, 1.165) is 43.0 Å². The van der Waals surface area contributed by atoms with Crippen molar-refractivity contribution in [1.29, 1.82) is 0 Å². The van der Waals surface area contributed by atoms with E-state index in [0.29, 0.717) is 68.9 Å². The number of hydrogen-bond donors (Lipinski definition) is 3. The van der Waals surface area contributed by atoms with Crippen molar-refractivity contribution in [3.63, 3.8) is 0 Å². The number of alkyl carbamates (subject to hydrolysis) is 1. The summed E-state index contributed by atoms with van der Waals surface area (Å²) in [6.45, 7) is 4.18. The third-order valence-electron chi connectivity index (χ3n) is 9.94. The number of alkyl halides is 2. The van der Waals surface area contributed by atoms with Gasteiger partial charge >= 0.3 is 6.09 Å². The summed E-state index contributed by atoms with van der Waals surface area (Å²) in [4.78, 5) is 45.4. The van der Waals surface area contributed by atoms with E-state index in [1.165, 1.54) is 6.92 Å². The highest BCUT2D eigenvalue weighted by Gasteiger charge is 2.42. The van der Waals surface area contributed by atoms with Gasteiger partial charge in [0.25, 0.3) is 5.91 Å². The van der Waals surface area contributed by atoms with Crippen LogP contribution in [-0.4, -0.2) is 95.0 Å². The lowest BCUT2D eigenvalue weighted by Crippen LogP contribution is -2.49. The number of carbonyl (C=O) groups is 3. The van der Waals surface area contributed by atoms with Crippen molar-refractivity contribution in [3.8, 4) is 11.3 Å². The lowest BCUT2D eigenvalue weighted by Gasteiger charge is -2.40. The van der Waals surface area contributed by atoms with Crippen LogP contribution in [0.2, 0.25) is 0 Å². The molecule has 1 aromatic heterocycles. The highest BCUT2D eigenvalue weighted by atomic mass is 127. The molecule has 2 fully saturated rings. The van der Waals surface area contributed by atoms with Crippen LogP contribution in [0.1, 0.15) is 62.9 Å². The smallest absolute Gasteiger partial charge is 0.407 e. The van der Waals surface area contributed by atoms with Crippen molar-refractivity contribution in [3.05, 3.63) is 77.8 Å². The molecule has 2 aromatic carbocycles. The Kier molecular flexibility index (Phi) is 16.0. The molecule has 3 N–H and O–H groups in total. The minimum absolute atomic E-state index is 0.00663. The Bertz CT molecular complexity index is 1680. The molecule has 4 atom stereocenters. The van der Waals surface area contributed by atoms with Crippen LogP contribution in [0.4, 0.5) is 18.0 Å². The average molecular weight is 867 g/mol. The number of ether oxygens (including phenoxy) is 2. The molecule has 11 nitrogen and oxygen atoms in total. The minimum Gasteiger partial charge on any atom is -0.436 e. The molecular weight excluding hydrogens is 816 g/mol. The van der Waals surface area contributed by atoms with Crippen LogP contribution < -0.4 is 16.0 Å². The molecule has 5 rings (SSSR count). The van der Waals surface area contributed by atoms with Gasteiger partial charge in [0, 0.05) is 70.2 Å². The maximum atomic E-state index is 15.3.